The van der Waals surface area contributed by atoms with Crippen LogP contribution in [0.25, 0.3) is 0 Å². The van der Waals surface area contributed by atoms with Crippen molar-refractivity contribution in [3.63, 3.8) is 0 Å². The monoisotopic (exact) mass is 556 g/mol. The van der Waals surface area contributed by atoms with Gasteiger partial charge in [-0.25, -0.2) is 12.7 Å². The molecule has 11 heteroatoms. The van der Waals surface area contributed by atoms with Gasteiger partial charge in [0.1, 0.15) is 12.4 Å². The molecule has 0 aliphatic rings. The highest BCUT2D eigenvalue weighted by molar-refractivity contribution is 7.89. The molecule has 0 saturated carbocycles. The summed E-state index contributed by atoms with van der Waals surface area (Å²) >= 11 is 7.10. The molecular formula is C26H25ClN4O4S2. The van der Waals surface area contributed by atoms with E-state index in [2.05, 4.69) is 15.5 Å². The lowest BCUT2D eigenvalue weighted by Crippen LogP contribution is -2.32. The molecule has 4 aromatic rings. The van der Waals surface area contributed by atoms with E-state index in [0.717, 1.165) is 5.56 Å². The van der Waals surface area contributed by atoms with Gasteiger partial charge in [0, 0.05) is 31.0 Å². The zero-order valence-electron chi connectivity index (χ0n) is 20.0. The number of carbonyl (C=O) groups is 1. The third-order valence-electron chi connectivity index (χ3n) is 5.52. The Bertz CT molecular complexity index is 1420. The fourth-order valence-corrected chi connectivity index (χ4v) is 5.66. The summed E-state index contributed by atoms with van der Waals surface area (Å²) < 4.78 is 33.1. The Morgan fingerprint density at radius 1 is 1.00 bits per heavy atom. The van der Waals surface area contributed by atoms with E-state index in [0.29, 0.717) is 20.9 Å². The number of benzene rings is 3. The first-order chi connectivity index (χ1) is 17.8. The highest BCUT2D eigenvalue weighted by Gasteiger charge is 2.26. The molecule has 0 bridgehead atoms. The predicted octanol–water partition coefficient (Wildman–Crippen LogP) is 5.20. The quantitative estimate of drug-likeness (QED) is 0.272. The molecule has 1 heterocycles. The van der Waals surface area contributed by atoms with Crippen LogP contribution >= 0.6 is 22.9 Å². The van der Waals surface area contributed by atoms with E-state index >= 15 is 0 Å². The minimum Gasteiger partial charge on any atom is -0.486 e. The van der Waals surface area contributed by atoms with Gasteiger partial charge in [-0.1, -0.05) is 71.5 Å². The van der Waals surface area contributed by atoms with Crippen molar-refractivity contribution in [1.29, 1.82) is 0 Å². The van der Waals surface area contributed by atoms with Gasteiger partial charge in [-0.05, 0) is 42.0 Å². The number of halogens is 1. The maximum Gasteiger partial charge on any atom is 0.242 e. The number of sulfonamides is 1. The van der Waals surface area contributed by atoms with Gasteiger partial charge in [-0.3, -0.25) is 4.79 Å². The van der Waals surface area contributed by atoms with Gasteiger partial charge in [0.05, 0.1) is 4.90 Å². The van der Waals surface area contributed by atoms with E-state index in [9.17, 15) is 13.2 Å². The molecule has 0 aliphatic heterocycles. The molecule has 192 valence electrons. The summed E-state index contributed by atoms with van der Waals surface area (Å²) in [4.78, 5) is 13.1. The second kappa shape index (κ2) is 12.3. The van der Waals surface area contributed by atoms with Crippen LogP contribution in [0, 0.1) is 0 Å². The van der Waals surface area contributed by atoms with Gasteiger partial charge in [0.25, 0.3) is 0 Å². The van der Waals surface area contributed by atoms with Gasteiger partial charge in [0.15, 0.2) is 5.01 Å². The molecule has 0 aliphatic carbocycles. The number of aromatic nitrogens is 2. The summed E-state index contributed by atoms with van der Waals surface area (Å²) in [5, 5.41) is 12.4. The van der Waals surface area contributed by atoms with Gasteiger partial charge in [-0.15, -0.1) is 10.2 Å². The van der Waals surface area contributed by atoms with Gasteiger partial charge in [0.2, 0.25) is 21.1 Å². The number of amides is 1. The zero-order valence-corrected chi connectivity index (χ0v) is 22.3. The Hall–Kier alpha value is -3.31. The number of rotatable bonds is 11. The summed E-state index contributed by atoms with van der Waals surface area (Å²) in [5.74, 6) is -0.0172. The topological polar surface area (TPSA) is 101 Å². The van der Waals surface area contributed by atoms with E-state index in [1.165, 1.54) is 22.7 Å². The molecule has 3 aromatic carbocycles. The third-order valence-corrected chi connectivity index (χ3v) is 8.42. The molecule has 0 spiro atoms. The summed E-state index contributed by atoms with van der Waals surface area (Å²) in [6, 6.07) is 24.6. The number of nitrogens with one attached hydrogen (secondary N) is 1. The Morgan fingerprint density at radius 2 is 1.65 bits per heavy atom. The summed E-state index contributed by atoms with van der Waals surface area (Å²) in [5.41, 5.74) is 0.863. The molecule has 37 heavy (non-hydrogen) atoms. The van der Waals surface area contributed by atoms with Crippen LogP contribution in [0.1, 0.15) is 22.9 Å². The normalized spacial score (nSPS) is 12.3. The average molecular weight is 557 g/mol. The minimum atomic E-state index is -3.70. The molecule has 0 radical (unpaired) electrons. The molecule has 0 unspecified atom stereocenters. The number of likely N-dealkylation sites (N-methyl/N-ethyl adjacent to an activating group) is 1. The van der Waals surface area contributed by atoms with Crippen LogP contribution in [0.5, 0.6) is 5.75 Å². The predicted molar refractivity (Wildman–Crippen MR) is 144 cm³/mol. The van der Waals surface area contributed by atoms with E-state index < -0.39 is 10.0 Å². The fourth-order valence-electron chi connectivity index (χ4n) is 3.63. The molecular weight excluding hydrogens is 532 g/mol. The maximum absolute atomic E-state index is 13.0. The highest BCUT2D eigenvalue weighted by atomic mass is 35.5. The molecule has 1 amide bonds. The zero-order chi connectivity index (χ0) is 26.3. The Kier molecular flexibility index (Phi) is 8.88. The first-order valence-electron chi connectivity index (χ1n) is 11.4. The number of hydrogen-bond acceptors (Lipinski definition) is 7. The van der Waals surface area contributed by atoms with Crippen molar-refractivity contribution in [3.8, 4) is 5.75 Å². The largest absolute Gasteiger partial charge is 0.486 e. The summed E-state index contributed by atoms with van der Waals surface area (Å²) in [7, 11) is -2.18. The number of anilines is 1. The molecule has 1 aromatic heterocycles. The van der Waals surface area contributed by atoms with Crippen molar-refractivity contribution < 1.29 is 17.9 Å². The lowest BCUT2D eigenvalue weighted by atomic mass is 9.95. The fraction of sp³-hybridized carbons (Fsp3) is 0.192. The third kappa shape index (κ3) is 7.36. The van der Waals surface area contributed by atoms with Crippen molar-refractivity contribution >= 4 is 44.0 Å². The van der Waals surface area contributed by atoms with Crippen LogP contribution < -0.4 is 10.1 Å². The molecule has 0 fully saturated rings. The summed E-state index contributed by atoms with van der Waals surface area (Å²) in [6.45, 7) is 0.328. The molecule has 0 saturated heterocycles. The van der Waals surface area contributed by atoms with Crippen molar-refractivity contribution in [1.82, 2.24) is 14.5 Å². The first kappa shape index (κ1) is 26.7. The van der Waals surface area contributed by atoms with Crippen molar-refractivity contribution in [3.05, 3.63) is 101 Å². The van der Waals surface area contributed by atoms with Crippen LogP contribution in [0.4, 0.5) is 5.13 Å². The van der Waals surface area contributed by atoms with Crippen molar-refractivity contribution in [2.45, 2.75) is 23.8 Å². The number of ether oxygens (including phenoxy) is 1. The van der Waals surface area contributed by atoms with E-state index in [1.54, 1.807) is 54.6 Å². The maximum atomic E-state index is 13.0. The van der Waals surface area contributed by atoms with Crippen LogP contribution in [0.2, 0.25) is 5.02 Å². The minimum absolute atomic E-state index is 0.0643. The SMILES string of the molecule is CN(C[C@@H](CC(=O)Nc1nnc(COc2ccc(Cl)cc2)s1)c1ccccc1)S(=O)(=O)c1ccccc1. The van der Waals surface area contributed by atoms with Crippen LogP contribution in [-0.2, 0) is 21.4 Å². The Morgan fingerprint density at radius 3 is 2.32 bits per heavy atom. The smallest absolute Gasteiger partial charge is 0.242 e. The number of hydrogen-bond donors (Lipinski definition) is 1. The number of nitrogens with zero attached hydrogens (tertiary/aromatic N) is 3. The summed E-state index contributed by atoms with van der Waals surface area (Å²) in [6.07, 6.45) is 0.0643. The van der Waals surface area contributed by atoms with E-state index in [1.807, 2.05) is 30.3 Å². The van der Waals surface area contributed by atoms with E-state index in [4.69, 9.17) is 16.3 Å². The van der Waals surface area contributed by atoms with E-state index in [-0.39, 0.29) is 36.3 Å². The van der Waals surface area contributed by atoms with Crippen LogP contribution in [0.15, 0.2) is 89.8 Å². The van der Waals surface area contributed by atoms with Crippen molar-refractivity contribution in [2.75, 3.05) is 18.9 Å². The first-order valence-corrected chi connectivity index (χ1v) is 14.0. The lowest BCUT2D eigenvalue weighted by molar-refractivity contribution is -0.116. The molecule has 1 atom stereocenters. The van der Waals surface area contributed by atoms with Crippen LogP contribution in [0.3, 0.4) is 0 Å². The van der Waals surface area contributed by atoms with Gasteiger partial charge < -0.3 is 10.1 Å². The molecule has 4 rings (SSSR count). The van der Waals surface area contributed by atoms with Crippen molar-refractivity contribution in [2.24, 2.45) is 0 Å². The molecule has 1 N–H and O–H groups in total. The standard InChI is InChI=1S/C26H25ClN4O4S2/c1-31(37(33,34)23-10-6-3-7-11-23)17-20(19-8-4-2-5-9-19)16-24(32)28-26-30-29-25(36-26)18-35-22-14-12-21(27)13-15-22/h2-15,20H,16-18H2,1H3,(H,28,30,32)/t20-/m1/s1. The highest BCUT2D eigenvalue weighted by Crippen LogP contribution is 2.25. The molecule has 8 nitrogen and oxygen atoms in total. The lowest BCUT2D eigenvalue weighted by Gasteiger charge is -2.24. The Labute approximate surface area is 224 Å². The Balaban J connectivity index is 1.40. The second-order valence-corrected chi connectivity index (χ2v) is 11.7. The number of carbonyl (C=O) groups excluding carboxylic acids is 1. The second-order valence-electron chi connectivity index (χ2n) is 8.20. The van der Waals surface area contributed by atoms with Crippen LogP contribution in [-0.4, -0.2) is 42.4 Å². The van der Waals surface area contributed by atoms with Gasteiger partial charge in [-0.2, -0.15) is 0 Å². The van der Waals surface area contributed by atoms with Gasteiger partial charge >= 0.3 is 0 Å². The average Bonchev–Trinajstić information content (AvgIpc) is 3.36.